The predicted octanol–water partition coefficient (Wildman–Crippen LogP) is 4.93. The van der Waals surface area contributed by atoms with Gasteiger partial charge in [0.15, 0.2) is 0 Å². The van der Waals surface area contributed by atoms with Crippen LogP contribution in [0.4, 0.5) is 16.3 Å². The van der Waals surface area contributed by atoms with Gasteiger partial charge in [-0.3, -0.25) is 19.1 Å². The maximum Gasteiger partial charge on any atom is 0.410 e. The number of carboxylic acid groups (broad SMARTS) is 1. The Morgan fingerprint density at radius 3 is 2.44 bits per heavy atom. The molecule has 1 aromatic carbocycles. The lowest BCUT2D eigenvalue weighted by Crippen LogP contribution is -2.41. The molecule has 1 aliphatic rings. The standard InChI is InChI=1S/C27H28Cl2N6O6/c1-27(2,3)41-26(40)34-7-5-4-6-19(34)15-8-16(12-31-11-15)33-23(36)20-22(30)32-13-35(24(20)37)21-17(28)9-14(25(38)39)10-18(21)29/h8-13,19H,4-7,30H2,1-3H3,(H,33,36)(H,38,39)/t19-/m0/s1. The fourth-order valence-electron chi connectivity index (χ4n) is 4.48. The number of pyridine rings is 1. The molecular weight excluding hydrogens is 575 g/mol. The summed E-state index contributed by atoms with van der Waals surface area (Å²) in [5.74, 6) is -2.47. The number of nitrogens with zero attached hydrogens (tertiary/aromatic N) is 4. The van der Waals surface area contributed by atoms with Crippen LogP contribution in [0.1, 0.15) is 72.4 Å². The van der Waals surface area contributed by atoms with Gasteiger partial charge in [0.1, 0.15) is 23.3 Å². The van der Waals surface area contributed by atoms with Gasteiger partial charge in [0.2, 0.25) is 0 Å². The number of anilines is 2. The Labute approximate surface area is 245 Å². The van der Waals surface area contributed by atoms with Gasteiger partial charge in [-0.15, -0.1) is 0 Å². The van der Waals surface area contributed by atoms with Crippen LogP contribution in [0.3, 0.4) is 0 Å². The highest BCUT2D eigenvalue weighted by Crippen LogP contribution is 2.33. The molecular formula is C27H28Cl2N6O6. The van der Waals surface area contributed by atoms with Gasteiger partial charge in [-0.05, 0) is 63.8 Å². The number of rotatable bonds is 5. The summed E-state index contributed by atoms with van der Waals surface area (Å²) in [5, 5.41) is 11.6. The molecule has 0 radical (unpaired) electrons. The number of piperidine rings is 1. The summed E-state index contributed by atoms with van der Waals surface area (Å²) < 4.78 is 6.50. The van der Waals surface area contributed by atoms with Crippen molar-refractivity contribution in [3.63, 3.8) is 0 Å². The molecule has 1 aliphatic heterocycles. The number of amides is 2. The Morgan fingerprint density at radius 1 is 1.12 bits per heavy atom. The number of nitrogens with one attached hydrogen (secondary N) is 1. The van der Waals surface area contributed by atoms with E-state index in [4.69, 9.17) is 33.7 Å². The summed E-state index contributed by atoms with van der Waals surface area (Å²) in [5.41, 5.74) is 4.58. The molecule has 0 unspecified atom stereocenters. The van der Waals surface area contributed by atoms with E-state index in [1.807, 2.05) is 0 Å². The van der Waals surface area contributed by atoms with Crippen molar-refractivity contribution in [2.45, 2.75) is 51.7 Å². The summed E-state index contributed by atoms with van der Waals surface area (Å²) in [6, 6.07) is 3.59. The number of carboxylic acids is 1. The maximum absolute atomic E-state index is 13.4. The zero-order valence-corrected chi connectivity index (χ0v) is 24.0. The molecule has 0 saturated carbocycles. The van der Waals surface area contributed by atoms with Crippen LogP contribution in [0.15, 0.2) is 41.7 Å². The third-order valence-electron chi connectivity index (χ3n) is 6.27. The summed E-state index contributed by atoms with van der Waals surface area (Å²) >= 11 is 12.5. The van der Waals surface area contributed by atoms with E-state index in [-0.39, 0.29) is 38.8 Å². The number of benzene rings is 1. The Hall–Kier alpha value is -4.16. The van der Waals surface area contributed by atoms with E-state index in [1.165, 1.54) is 6.20 Å². The van der Waals surface area contributed by atoms with Crippen LogP contribution in [-0.4, -0.2) is 54.7 Å². The summed E-state index contributed by atoms with van der Waals surface area (Å²) in [4.78, 5) is 60.6. The summed E-state index contributed by atoms with van der Waals surface area (Å²) in [6.07, 6.45) is 6.02. The van der Waals surface area contributed by atoms with E-state index in [0.29, 0.717) is 18.5 Å². The number of hydrogen-bond donors (Lipinski definition) is 3. The number of ether oxygens (including phenoxy) is 1. The van der Waals surface area contributed by atoms with Crippen LogP contribution in [0.5, 0.6) is 0 Å². The Bertz CT molecular complexity index is 1560. The average molecular weight is 603 g/mol. The smallest absolute Gasteiger partial charge is 0.410 e. The third kappa shape index (κ3) is 6.60. The highest BCUT2D eigenvalue weighted by Gasteiger charge is 2.32. The lowest BCUT2D eigenvalue weighted by Gasteiger charge is -2.37. The Kier molecular flexibility index (Phi) is 8.55. The molecule has 14 heteroatoms. The first-order valence-electron chi connectivity index (χ1n) is 12.6. The van der Waals surface area contributed by atoms with Crippen LogP contribution < -0.4 is 16.6 Å². The number of aromatic nitrogens is 3. The number of nitrogens with two attached hydrogens (primary N) is 1. The van der Waals surface area contributed by atoms with Crippen molar-refractivity contribution in [2.24, 2.45) is 0 Å². The molecule has 216 valence electrons. The number of hydrogen-bond acceptors (Lipinski definition) is 8. The SMILES string of the molecule is CC(C)(C)OC(=O)N1CCCC[C@H]1c1cncc(NC(=O)c2c(N)ncn(-c3c(Cl)cc(C(=O)O)cc3Cl)c2=O)c1. The van der Waals surface area contributed by atoms with Crippen LogP contribution in [0.2, 0.25) is 10.0 Å². The van der Waals surface area contributed by atoms with Crippen LogP contribution in [0, 0.1) is 0 Å². The molecule has 4 N–H and O–H groups in total. The van der Waals surface area contributed by atoms with E-state index in [2.05, 4.69) is 15.3 Å². The molecule has 12 nitrogen and oxygen atoms in total. The highest BCUT2D eigenvalue weighted by molar-refractivity contribution is 6.38. The molecule has 4 rings (SSSR count). The topological polar surface area (TPSA) is 170 Å². The first-order valence-corrected chi connectivity index (χ1v) is 13.4. The number of carbonyl (C=O) groups is 3. The Morgan fingerprint density at radius 2 is 1.80 bits per heavy atom. The molecule has 3 aromatic rings. The van der Waals surface area contributed by atoms with Gasteiger partial charge >= 0.3 is 12.1 Å². The van der Waals surface area contributed by atoms with Gasteiger partial charge in [-0.1, -0.05) is 23.2 Å². The highest BCUT2D eigenvalue weighted by atomic mass is 35.5. The Balaban J connectivity index is 1.64. The quantitative estimate of drug-likeness (QED) is 0.366. The normalized spacial score (nSPS) is 15.3. The number of carbonyl (C=O) groups excluding carboxylic acids is 2. The van der Waals surface area contributed by atoms with Crippen molar-refractivity contribution in [1.29, 1.82) is 0 Å². The minimum Gasteiger partial charge on any atom is -0.478 e. The number of halogens is 2. The van der Waals surface area contributed by atoms with Crippen molar-refractivity contribution in [2.75, 3.05) is 17.6 Å². The molecule has 0 spiro atoms. The first-order chi connectivity index (χ1) is 19.3. The van der Waals surface area contributed by atoms with Crippen LogP contribution in [-0.2, 0) is 4.74 Å². The van der Waals surface area contributed by atoms with E-state index < -0.39 is 34.7 Å². The molecule has 1 fully saturated rings. The van der Waals surface area contributed by atoms with E-state index in [0.717, 1.165) is 35.9 Å². The first kappa shape index (κ1) is 29.8. The van der Waals surface area contributed by atoms with Crippen molar-refractivity contribution in [3.8, 4) is 5.69 Å². The van der Waals surface area contributed by atoms with Gasteiger partial charge < -0.3 is 25.8 Å². The molecule has 3 heterocycles. The minimum absolute atomic E-state index is 0.0620. The third-order valence-corrected chi connectivity index (χ3v) is 6.84. The maximum atomic E-state index is 13.4. The molecule has 0 aliphatic carbocycles. The largest absolute Gasteiger partial charge is 0.478 e. The van der Waals surface area contributed by atoms with Crippen LogP contribution >= 0.6 is 23.2 Å². The van der Waals surface area contributed by atoms with Gasteiger partial charge in [0, 0.05) is 12.7 Å². The zero-order chi connectivity index (χ0) is 30.1. The monoisotopic (exact) mass is 602 g/mol. The average Bonchev–Trinajstić information content (AvgIpc) is 2.88. The van der Waals surface area contributed by atoms with Crippen LogP contribution in [0.25, 0.3) is 5.69 Å². The number of likely N-dealkylation sites (tertiary alicyclic amines) is 1. The van der Waals surface area contributed by atoms with Crippen molar-refractivity contribution in [1.82, 2.24) is 19.4 Å². The van der Waals surface area contributed by atoms with Gasteiger partial charge in [-0.2, -0.15) is 0 Å². The molecule has 2 aromatic heterocycles. The van der Waals surface area contributed by atoms with Gasteiger partial charge in [0.25, 0.3) is 11.5 Å². The second-order valence-electron chi connectivity index (χ2n) is 10.4. The number of nitrogen functional groups attached to an aromatic ring is 1. The van der Waals surface area contributed by atoms with Crippen molar-refractivity contribution in [3.05, 3.63) is 74.0 Å². The number of aromatic carboxylic acids is 1. The summed E-state index contributed by atoms with van der Waals surface area (Å²) in [6.45, 7) is 5.91. The zero-order valence-electron chi connectivity index (χ0n) is 22.5. The molecule has 41 heavy (non-hydrogen) atoms. The fraction of sp³-hybridized carbons (Fsp3) is 0.333. The molecule has 1 saturated heterocycles. The van der Waals surface area contributed by atoms with E-state index >= 15 is 0 Å². The summed E-state index contributed by atoms with van der Waals surface area (Å²) in [7, 11) is 0. The second kappa shape index (κ2) is 11.8. The van der Waals surface area contributed by atoms with E-state index in [1.54, 1.807) is 37.9 Å². The van der Waals surface area contributed by atoms with Crippen molar-refractivity contribution < 1.29 is 24.2 Å². The van der Waals surface area contributed by atoms with E-state index in [9.17, 15) is 24.3 Å². The molecule has 0 bridgehead atoms. The predicted molar refractivity (Wildman–Crippen MR) is 153 cm³/mol. The molecule has 1 atom stereocenters. The fourth-order valence-corrected chi connectivity index (χ4v) is 5.15. The second-order valence-corrected chi connectivity index (χ2v) is 11.2. The minimum atomic E-state index is -1.26. The van der Waals surface area contributed by atoms with Gasteiger partial charge in [0.05, 0.1) is 39.2 Å². The van der Waals surface area contributed by atoms with Gasteiger partial charge in [-0.25, -0.2) is 14.6 Å². The van der Waals surface area contributed by atoms with Crippen molar-refractivity contribution >= 4 is 52.7 Å². The lowest BCUT2D eigenvalue weighted by molar-refractivity contribution is 0.00945. The molecule has 2 amide bonds. The lowest BCUT2D eigenvalue weighted by atomic mass is 9.96.